The number of methoxy groups -OCH3 is 1. The number of nitro groups is 1. The highest BCUT2D eigenvalue weighted by atomic mass is 16.6. The van der Waals surface area contributed by atoms with Crippen LogP contribution >= 0.6 is 0 Å². The standard InChI is InChI=1S/C16H19NO8/c1-4-24-14(18)16(20,15(19)25-5-2)13(17(21)22)10-11-6-8-12(23-3)9-7-11/h6-10,20H,4-5H2,1-3H3/b13-10+. The van der Waals surface area contributed by atoms with Crippen molar-refractivity contribution in [2.24, 2.45) is 0 Å². The van der Waals surface area contributed by atoms with Crippen LogP contribution in [0.4, 0.5) is 0 Å². The Bertz CT molecular complexity index is 647. The molecule has 0 heterocycles. The molecule has 1 aromatic rings. The zero-order chi connectivity index (χ0) is 19.0. The summed E-state index contributed by atoms with van der Waals surface area (Å²) in [4.78, 5) is 34.6. The fourth-order valence-corrected chi connectivity index (χ4v) is 1.91. The number of benzene rings is 1. The maximum atomic E-state index is 12.1. The van der Waals surface area contributed by atoms with Crippen molar-refractivity contribution in [1.29, 1.82) is 0 Å². The number of hydrogen-bond donors (Lipinski definition) is 1. The van der Waals surface area contributed by atoms with E-state index >= 15 is 0 Å². The Morgan fingerprint density at radius 3 is 2.00 bits per heavy atom. The third-order valence-corrected chi connectivity index (χ3v) is 3.13. The van der Waals surface area contributed by atoms with Crippen LogP contribution in [0.25, 0.3) is 6.08 Å². The molecule has 9 nitrogen and oxygen atoms in total. The van der Waals surface area contributed by atoms with Gasteiger partial charge in [0.2, 0.25) is 0 Å². The van der Waals surface area contributed by atoms with Crippen molar-refractivity contribution in [3.8, 4) is 5.75 Å². The molecule has 0 atom stereocenters. The molecular weight excluding hydrogens is 334 g/mol. The van der Waals surface area contributed by atoms with Crippen molar-refractivity contribution < 1.29 is 33.8 Å². The molecule has 0 aliphatic carbocycles. The van der Waals surface area contributed by atoms with Crippen molar-refractivity contribution in [3.05, 3.63) is 45.6 Å². The number of ether oxygens (including phenoxy) is 3. The molecule has 0 saturated carbocycles. The highest BCUT2D eigenvalue weighted by Gasteiger charge is 2.58. The molecule has 0 fully saturated rings. The van der Waals surface area contributed by atoms with Crippen LogP contribution in [-0.2, 0) is 19.1 Å². The van der Waals surface area contributed by atoms with E-state index in [0.29, 0.717) is 5.75 Å². The van der Waals surface area contributed by atoms with Gasteiger partial charge in [-0.05, 0) is 31.5 Å². The zero-order valence-corrected chi connectivity index (χ0v) is 14.1. The number of hydrogen-bond acceptors (Lipinski definition) is 8. The summed E-state index contributed by atoms with van der Waals surface area (Å²) in [7, 11) is 1.45. The van der Waals surface area contributed by atoms with Crippen LogP contribution in [0.5, 0.6) is 5.75 Å². The van der Waals surface area contributed by atoms with Crippen molar-refractivity contribution in [3.63, 3.8) is 0 Å². The largest absolute Gasteiger partial charge is 0.497 e. The highest BCUT2D eigenvalue weighted by Crippen LogP contribution is 2.25. The van der Waals surface area contributed by atoms with Crippen LogP contribution in [-0.4, -0.2) is 47.9 Å². The van der Waals surface area contributed by atoms with Gasteiger partial charge in [0.05, 0.1) is 25.2 Å². The molecule has 0 bridgehead atoms. The second kappa shape index (κ2) is 8.78. The molecule has 0 radical (unpaired) electrons. The maximum absolute atomic E-state index is 12.1. The van der Waals surface area contributed by atoms with Gasteiger partial charge in [0, 0.05) is 6.08 Å². The monoisotopic (exact) mass is 353 g/mol. The Labute approximate surface area is 144 Å². The molecule has 0 aromatic heterocycles. The van der Waals surface area contributed by atoms with Gasteiger partial charge >= 0.3 is 23.2 Å². The lowest BCUT2D eigenvalue weighted by atomic mass is 9.97. The van der Waals surface area contributed by atoms with Gasteiger partial charge in [-0.15, -0.1) is 0 Å². The van der Waals surface area contributed by atoms with E-state index in [4.69, 9.17) is 4.74 Å². The topological polar surface area (TPSA) is 125 Å². The van der Waals surface area contributed by atoms with Crippen LogP contribution in [0.3, 0.4) is 0 Å². The molecular formula is C16H19NO8. The number of carbonyl (C=O) groups excluding carboxylic acids is 2. The van der Waals surface area contributed by atoms with Crippen molar-refractivity contribution >= 4 is 18.0 Å². The quantitative estimate of drug-likeness (QED) is 0.319. The predicted molar refractivity (Wildman–Crippen MR) is 86.2 cm³/mol. The summed E-state index contributed by atoms with van der Waals surface area (Å²) in [5.74, 6) is -2.46. The number of esters is 2. The SMILES string of the molecule is CCOC(=O)C(O)(C(=O)OCC)/C(=C\c1ccc(OC)cc1)[N+](=O)[O-]. The van der Waals surface area contributed by atoms with Crippen LogP contribution < -0.4 is 4.74 Å². The first-order valence-electron chi connectivity index (χ1n) is 7.38. The van der Waals surface area contributed by atoms with Gasteiger partial charge in [0.15, 0.2) is 0 Å². The summed E-state index contributed by atoms with van der Waals surface area (Å²) in [5.41, 5.74) is -4.00. The maximum Gasteiger partial charge on any atom is 0.361 e. The van der Waals surface area contributed by atoms with Crippen LogP contribution in [0.1, 0.15) is 19.4 Å². The van der Waals surface area contributed by atoms with E-state index in [9.17, 15) is 24.8 Å². The minimum atomic E-state index is -3.19. The second-order valence-corrected chi connectivity index (χ2v) is 4.71. The molecule has 0 amide bonds. The minimum absolute atomic E-state index is 0.186. The third kappa shape index (κ3) is 4.54. The molecule has 0 saturated heterocycles. The van der Waals surface area contributed by atoms with Gasteiger partial charge in [-0.2, -0.15) is 0 Å². The number of carbonyl (C=O) groups is 2. The lowest BCUT2D eigenvalue weighted by Crippen LogP contribution is -2.52. The van der Waals surface area contributed by atoms with Crippen LogP contribution in [0, 0.1) is 10.1 Å². The molecule has 1 rings (SSSR count). The van der Waals surface area contributed by atoms with E-state index in [1.165, 1.54) is 45.2 Å². The first-order chi connectivity index (χ1) is 11.8. The first-order valence-corrected chi connectivity index (χ1v) is 7.38. The summed E-state index contributed by atoms with van der Waals surface area (Å²) in [5, 5.41) is 21.9. The van der Waals surface area contributed by atoms with E-state index in [1.807, 2.05) is 0 Å². The van der Waals surface area contributed by atoms with E-state index in [-0.39, 0.29) is 18.8 Å². The van der Waals surface area contributed by atoms with E-state index in [0.717, 1.165) is 6.08 Å². The number of nitrogens with zero attached hydrogens (tertiary/aromatic N) is 1. The molecule has 9 heteroatoms. The normalized spacial score (nSPS) is 11.6. The fourth-order valence-electron chi connectivity index (χ4n) is 1.91. The van der Waals surface area contributed by atoms with Crippen LogP contribution in [0.15, 0.2) is 30.0 Å². The molecule has 0 aliphatic rings. The molecule has 0 unspecified atom stereocenters. The third-order valence-electron chi connectivity index (χ3n) is 3.13. The average Bonchev–Trinajstić information content (AvgIpc) is 2.59. The smallest absolute Gasteiger partial charge is 0.361 e. The van der Waals surface area contributed by atoms with Crippen LogP contribution in [0.2, 0.25) is 0 Å². The molecule has 1 aromatic carbocycles. The van der Waals surface area contributed by atoms with Crippen molar-refractivity contribution in [2.45, 2.75) is 19.4 Å². The van der Waals surface area contributed by atoms with Gasteiger partial charge in [-0.25, -0.2) is 9.59 Å². The lowest BCUT2D eigenvalue weighted by Gasteiger charge is -2.21. The van der Waals surface area contributed by atoms with Crippen molar-refractivity contribution in [1.82, 2.24) is 0 Å². The Kier molecular flexibility index (Phi) is 7.06. The molecule has 136 valence electrons. The summed E-state index contributed by atoms with van der Waals surface area (Å²) in [6.45, 7) is 2.49. The minimum Gasteiger partial charge on any atom is -0.497 e. The molecule has 1 N–H and O–H groups in total. The number of rotatable bonds is 8. The summed E-state index contributed by atoms with van der Waals surface area (Å²) < 4.78 is 14.2. The summed E-state index contributed by atoms with van der Waals surface area (Å²) in [6, 6.07) is 5.96. The Morgan fingerprint density at radius 1 is 1.16 bits per heavy atom. The Balaban J connectivity index is 3.45. The van der Waals surface area contributed by atoms with Gasteiger partial charge < -0.3 is 19.3 Å². The van der Waals surface area contributed by atoms with E-state index in [1.54, 1.807) is 0 Å². The van der Waals surface area contributed by atoms with Gasteiger partial charge in [-0.1, -0.05) is 12.1 Å². The highest BCUT2D eigenvalue weighted by molar-refractivity contribution is 6.07. The van der Waals surface area contributed by atoms with Gasteiger partial charge in [0.1, 0.15) is 5.75 Å². The fraction of sp³-hybridized carbons (Fsp3) is 0.375. The average molecular weight is 353 g/mol. The molecule has 0 spiro atoms. The first kappa shape index (κ1) is 20.1. The predicted octanol–water partition coefficient (Wildman–Crippen LogP) is 1.17. The molecule has 0 aliphatic heterocycles. The van der Waals surface area contributed by atoms with E-state index < -0.39 is 28.2 Å². The Hall–Kier alpha value is -2.94. The van der Waals surface area contributed by atoms with Gasteiger partial charge in [-0.3, -0.25) is 10.1 Å². The Morgan fingerprint density at radius 2 is 1.64 bits per heavy atom. The van der Waals surface area contributed by atoms with Gasteiger partial charge in [0.25, 0.3) is 0 Å². The summed E-state index contributed by atoms with van der Waals surface area (Å²) >= 11 is 0. The van der Waals surface area contributed by atoms with E-state index in [2.05, 4.69) is 9.47 Å². The number of aliphatic hydroxyl groups is 1. The molecule has 25 heavy (non-hydrogen) atoms. The summed E-state index contributed by atoms with van der Waals surface area (Å²) in [6.07, 6.45) is 0.896. The zero-order valence-electron chi connectivity index (χ0n) is 14.1. The lowest BCUT2D eigenvalue weighted by molar-refractivity contribution is -0.438. The van der Waals surface area contributed by atoms with Crippen molar-refractivity contribution in [2.75, 3.05) is 20.3 Å². The second-order valence-electron chi connectivity index (χ2n) is 4.71.